The molecule has 0 bridgehead atoms. The van der Waals surface area contributed by atoms with E-state index in [1.165, 1.54) is 18.4 Å². The van der Waals surface area contributed by atoms with Crippen molar-refractivity contribution in [2.75, 3.05) is 18.5 Å². The highest BCUT2D eigenvalue weighted by atomic mass is 16.5. The zero-order valence-electron chi connectivity index (χ0n) is 12.8. The number of anilines is 1. The Balaban J connectivity index is 1.75. The summed E-state index contributed by atoms with van der Waals surface area (Å²) in [6.07, 6.45) is 5.79. The fraction of sp³-hybridized carbons (Fsp3) is 0.118. The summed E-state index contributed by atoms with van der Waals surface area (Å²) in [5, 5.41) is 5.92. The van der Waals surface area contributed by atoms with Gasteiger partial charge in [-0.25, -0.2) is 4.79 Å². The summed E-state index contributed by atoms with van der Waals surface area (Å²) in [7, 11) is 0. The van der Waals surface area contributed by atoms with Crippen LogP contribution in [-0.2, 0) is 14.3 Å². The predicted octanol–water partition coefficient (Wildman–Crippen LogP) is 2.43. The van der Waals surface area contributed by atoms with Gasteiger partial charge in [-0.2, -0.15) is 0 Å². The molecule has 1 aromatic heterocycles. The minimum absolute atomic E-state index is 0.255. The van der Waals surface area contributed by atoms with E-state index < -0.39 is 18.5 Å². The van der Waals surface area contributed by atoms with Crippen molar-refractivity contribution < 1.29 is 23.6 Å². The molecule has 0 aliphatic heterocycles. The second kappa shape index (κ2) is 8.94. The van der Waals surface area contributed by atoms with Crippen molar-refractivity contribution in [3.63, 3.8) is 0 Å². The third-order valence-electron chi connectivity index (χ3n) is 2.71. The van der Waals surface area contributed by atoms with Gasteiger partial charge in [-0.15, -0.1) is 0 Å². The minimum atomic E-state index is -0.628. The van der Waals surface area contributed by atoms with Gasteiger partial charge in [0.05, 0.1) is 0 Å². The Morgan fingerprint density at radius 1 is 1.25 bits per heavy atom. The molecule has 0 atom stereocenters. The summed E-state index contributed by atoms with van der Waals surface area (Å²) in [4.78, 5) is 23.1. The van der Waals surface area contributed by atoms with E-state index in [0.717, 1.165) is 5.56 Å². The molecule has 7 nitrogen and oxygen atoms in total. The van der Waals surface area contributed by atoms with Crippen LogP contribution in [0.1, 0.15) is 5.56 Å². The maximum atomic E-state index is 11.6. The van der Waals surface area contributed by atoms with E-state index in [2.05, 4.69) is 21.6 Å². The largest absolute Gasteiger partial charge is 0.490 e. The van der Waals surface area contributed by atoms with E-state index in [4.69, 9.17) is 9.47 Å². The van der Waals surface area contributed by atoms with Gasteiger partial charge in [-0.3, -0.25) is 4.79 Å². The molecular formula is C17H16N2O5. The molecule has 0 unspecified atom stereocenters. The highest BCUT2D eigenvalue weighted by molar-refractivity contribution is 5.93. The van der Waals surface area contributed by atoms with Crippen LogP contribution in [0, 0.1) is 0 Å². The van der Waals surface area contributed by atoms with Gasteiger partial charge in [-0.1, -0.05) is 29.9 Å². The highest BCUT2D eigenvalue weighted by Gasteiger charge is 2.07. The topological polar surface area (TPSA) is 90.7 Å². The van der Waals surface area contributed by atoms with Crippen molar-refractivity contribution in [3.05, 3.63) is 60.9 Å². The van der Waals surface area contributed by atoms with Crippen LogP contribution < -0.4 is 10.1 Å². The van der Waals surface area contributed by atoms with Crippen LogP contribution in [0.2, 0.25) is 0 Å². The van der Waals surface area contributed by atoms with Crippen molar-refractivity contribution in [3.8, 4) is 5.75 Å². The Kier molecular flexibility index (Phi) is 6.34. The van der Waals surface area contributed by atoms with Crippen LogP contribution in [0.5, 0.6) is 5.75 Å². The minimum Gasteiger partial charge on any atom is -0.490 e. The SMILES string of the molecule is C=CCOc1ccc(C=CC(=O)OCC(=O)Nc2ccon2)cc1. The normalized spacial score (nSPS) is 10.3. The monoisotopic (exact) mass is 328 g/mol. The van der Waals surface area contributed by atoms with Crippen LogP contribution >= 0.6 is 0 Å². The second-order valence-corrected chi connectivity index (χ2v) is 4.54. The fourth-order valence-electron chi connectivity index (χ4n) is 1.64. The molecule has 0 fully saturated rings. The number of rotatable bonds is 8. The second-order valence-electron chi connectivity index (χ2n) is 4.54. The molecule has 1 amide bonds. The Morgan fingerprint density at radius 2 is 2.04 bits per heavy atom. The molecule has 0 spiro atoms. The molecule has 124 valence electrons. The average Bonchev–Trinajstić information content (AvgIpc) is 3.10. The number of nitrogens with one attached hydrogen (secondary N) is 1. The third kappa shape index (κ3) is 5.80. The molecule has 1 N–H and O–H groups in total. The molecule has 2 aromatic rings. The summed E-state index contributed by atoms with van der Waals surface area (Å²) in [6, 6.07) is 8.61. The molecule has 1 heterocycles. The van der Waals surface area contributed by atoms with Crippen molar-refractivity contribution in [1.82, 2.24) is 5.16 Å². The predicted molar refractivity (Wildman–Crippen MR) is 87.3 cm³/mol. The zero-order chi connectivity index (χ0) is 17.2. The van der Waals surface area contributed by atoms with Gasteiger partial charge < -0.3 is 19.3 Å². The summed E-state index contributed by atoms with van der Waals surface area (Å²) in [5.41, 5.74) is 0.796. The fourth-order valence-corrected chi connectivity index (χ4v) is 1.64. The number of nitrogens with zero attached hydrogens (tertiary/aromatic N) is 1. The van der Waals surface area contributed by atoms with E-state index in [1.54, 1.807) is 36.4 Å². The number of hydrogen-bond donors (Lipinski definition) is 1. The van der Waals surface area contributed by atoms with Crippen LogP contribution in [0.4, 0.5) is 5.82 Å². The molecule has 0 saturated carbocycles. The first kappa shape index (κ1) is 17.0. The average molecular weight is 328 g/mol. The lowest BCUT2D eigenvalue weighted by atomic mass is 10.2. The Morgan fingerprint density at radius 3 is 2.71 bits per heavy atom. The van der Waals surface area contributed by atoms with E-state index in [-0.39, 0.29) is 5.82 Å². The quantitative estimate of drug-likeness (QED) is 0.455. The van der Waals surface area contributed by atoms with Crippen LogP contribution in [0.15, 0.2) is 59.8 Å². The lowest BCUT2D eigenvalue weighted by Gasteiger charge is -2.03. The first-order valence-electron chi connectivity index (χ1n) is 7.06. The van der Waals surface area contributed by atoms with Gasteiger partial charge in [0.1, 0.15) is 18.6 Å². The summed E-state index contributed by atoms with van der Waals surface area (Å²) in [5.74, 6) is -0.170. The molecule has 24 heavy (non-hydrogen) atoms. The summed E-state index contributed by atoms with van der Waals surface area (Å²) >= 11 is 0. The number of benzene rings is 1. The van der Waals surface area contributed by atoms with Crippen LogP contribution in [0.3, 0.4) is 0 Å². The number of hydrogen-bond acceptors (Lipinski definition) is 6. The molecule has 0 radical (unpaired) electrons. The summed E-state index contributed by atoms with van der Waals surface area (Å²) in [6.45, 7) is 3.58. The molecule has 2 rings (SSSR count). The maximum Gasteiger partial charge on any atom is 0.331 e. The Hall–Kier alpha value is -3.35. The summed E-state index contributed by atoms with van der Waals surface area (Å²) < 4.78 is 14.7. The van der Waals surface area contributed by atoms with Crippen molar-refractivity contribution in [1.29, 1.82) is 0 Å². The molecule has 1 aromatic carbocycles. The number of esters is 1. The number of carbonyl (C=O) groups is 2. The van der Waals surface area contributed by atoms with Crippen molar-refractivity contribution in [2.45, 2.75) is 0 Å². The maximum absolute atomic E-state index is 11.6. The van der Waals surface area contributed by atoms with E-state index in [1.807, 2.05) is 0 Å². The number of amides is 1. The van der Waals surface area contributed by atoms with Crippen molar-refractivity contribution in [2.24, 2.45) is 0 Å². The van der Waals surface area contributed by atoms with Gasteiger partial charge in [0.15, 0.2) is 12.4 Å². The molecule has 7 heteroatoms. The molecule has 0 saturated heterocycles. The molecule has 0 aliphatic rings. The van der Waals surface area contributed by atoms with Gasteiger partial charge in [-0.05, 0) is 23.8 Å². The first-order chi connectivity index (χ1) is 11.7. The molecule has 0 aliphatic carbocycles. The van der Waals surface area contributed by atoms with Crippen LogP contribution in [0.25, 0.3) is 6.08 Å². The number of aromatic nitrogens is 1. The Labute approximate surface area is 138 Å². The smallest absolute Gasteiger partial charge is 0.331 e. The number of carbonyl (C=O) groups excluding carboxylic acids is 2. The molecular weight excluding hydrogens is 312 g/mol. The standard InChI is InChI=1S/C17H16N2O5/c1-2-10-22-14-6-3-13(4-7-14)5-8-17(21)23-12-16(20)18-15-9-11-24-19-15/h2-9,11H,1,10,12H2,(H,18,19,20). The van der Waals surface area contributed by atoms with E-state index >= 15 is 0 Å². The highest BCUT2D eigenvalue weighted by Crippen LogP contribution is 2.13. The van der Waals surface area contributed by atoms with Gasteiger partial charge in [0, 0.05) is 12.1 Å². The van der Waals surface area contributed by atoms with Gasteiger partial charge in [0.2, 0.25) is 0 Å². The first-order valence-corrected chi connectivity index (χ1v) is 7.06. The lowest BCUT2D eigenvalue weighted by molar-refractivity contribution is -0.142. The van der Waals surface area contributed by atoms with E-state index in [9.17, 15) is 9.59 Å². The van der Waals surface area contributed by atoms with Crippen LogP contribution in [-0.4, -0.2) is 30.2 Å². The van der Waals surface area contributed by atoms with Crippen molar-refractivity contribution >= 4 is 23.8 Å². The van der Waals surface area contributed by atoms with Gasteiger partial charge >= 0.3 is 5.97 Å². The van der Waals surface area contributed by atoms with E-state index in [0.29, 0.717) is 12.4 Å². The van der Waals surface area contributed by atoms with Gasteiger partial charge in [0.25, 0.3) is 5.91 Å². The Bertz CT molecular complexity index is 705. The number of ether oxygens (including phenoxy) is 2. The lowest BCUT2D eigenvalue weighted by Crippen LogP contribution is -2.20. The zero-order valence-corrected chi connectivity index (χ0v) is 12.8. The third-order valence-corrected chi connectivity index (χ3v) is 2.71.